The van der Waals surface area contributed by atoms with Crippen LogP contribution in [-0.2, 0) is 6.42 Å². The summed E-state index contributed by atoms with van der Waals surface area (Å²) >= 11 is 0. The second-order valence-corrected chi connectivity index (χ2v) is 10.2. The summed E-state index contributed by atoms with van der Waals surface area (Å²) in [5, 5.41) is 3.17. The zero-order valence-corrected chi connectivity index (χ0v) is 22.9. The molecule has 4 aromatic carbocycles. The molecule has 39 heavy (non-hydrogen) atoms. The van der Waals surface area contributed by atoms with Gasteiger partial charge in [-0.3, -0.25) is 4.79 Å². The first-order chi connectivity index (χ1) is 19.0. The Bertz CT molecular complexity index is 1580. The van der Waals surface area contributed by atoms with Crippen molar-refractivity contribution in [2.24, 2.45) is 0 Å². The quantitative estimate of drug-likeness (QED) is 0.201. The van der Waals surface area contributed by atoms with Gasteiger partial charge in [0.05, 0.1) is 28.5 Å². The molecule has 5 rings (SSSR count). The second-order valence-electron chi connectivity index (χ2n) is 10.2. The lowest BCUT2D eigenvalue weighted by Gasteiger charge is -2.16. The Balaban J connectivity index is 1.40. The molecule has 0 fully saturated rings. The average Bonchev–Trinajstić information content (AvgIpc) is 2.97. The van der Waals surface area contributed by atoms with E-state index in [0.717, 1.165) is 70.4 Å². The van der Waals surface area contributed by atoms with Gasteiger partial charge in [0.15, 0.2) is 0 Å². The van der Waals surface area contributed by atoms with Gasteiger partial charge < -0.3 is 5.32 Å². The van der Waals surface area contributed by atoms with Crippen molar-refractivity contribution in [2.75, 3.05) is 0 Å². The molecule has 0 bridgehead atoms. The van der Waals surface area contributed by atoms with Crippen LogP contribution >= 0.6 is 0 Å². The topological polar surface area (TPSA) is 54.9 Å². The number of aryl methyl sites for hydroxylation is 2. The van der Waals surface area contributed by atoms with E-state index >= 15 is 0 Å². The minimum Gasteiger partial charge on any atom is -0.346 e. The summed E-state index contributed by atoms with van der Waals surface area (Å²) in [7, 11) is 0. The van der Waals surface area contributed by atoms with Crippen LogP contribution in [0, 0.1) is 6.92 Å². The normalized spacial score (nSPS) is 11.9. The summed E-state index contributed by atoms with van der Waals surface area (Å²) in [6.07, 6.45) is 4.23. The van der Waals surface area contributed by atoms with Crippen molar-refractivity contribution in [3.63, 3.8) is 0 Å². The van der Waals surface area contributed by atoms with E-state index in [4.69, 9.17) is 9.97 Å². The first-order valence-corrected chi connectivity index (χ1v) is 13.9. The number of nitrogens with one attached hydrogen (secondary N) is 1. The lowest BCUT2D eigenvalue weighted by atomic mass is 10.00. The van der Waals surface area contributed by atoms with Gasteiger partial charge in [-0.05, 0) is 67.6 Å². The molecule has 0 aliphatic rings. The van der Waals surface area contributed by atoms with Crippen molar-refractivity contribution in [2.45, 2.75) is 52.5 Å². The molecule has 4 heteroatoms. The Kier molecular flexibility index (Phi) is 8.12. The van der Waals surface area contributed by atoms with Gasteiger partial charge in [0.25, 0.3) is 5.91 Å². The molecule has 0 spiro atoms. The van der Waals surface area contributed by atoms with Gasteiger partial charge in [-0.15, -0.1) is 0 Å². The Morgan fingerprint density at radius 2 is 1.54 bits per heavy atom. The van der Waals surface area contributed by atoms with E-state index in [-0.39, 0.29) is 11.9 Å². The van der Waals surface area contributed by atoms with E-state index in [9.17, 15) is 4.79 Å². The number of nitrogens with zero attached hydrogens (tertiary/aromatic N) is 2. The van der Waals surface area contributed by atoms with Crippen molar-refractivity contribution < 1.29 is 4.79 Å². The molecule has 196 valence electrons. The molecule has 1 atom stereocenters. The fourth-order valence-corrected chi connectivity index (χ4v) is 4.87. The predicted molar refractivity (Wildman–Crippen MR) is 161 cm³/mol. The highest BCUT2D eigenvalue weighted by molar-refractivity contribution is 5.97. The number of benzene rings is 4. The minimum atomic E-state index is -0.142. The SMILES string of the molecule is CCCCCc1nc2cc(C(=O)N[C@H](C)c3cccc(-c4ccccc4)c3)ccc2nc1-c1ccc(C)cc1. The van der Waals surface area contributed by atoms with Gasteiger partial charge in [0.2, 0.25) is 0 Å². The monoisotopic (exact) mass is 513 g/mol. The molecule has 4 nitrogen and oxygen atoms in total. The Labute approximate surface area is 231 Å². The standard InChI is InChI=1S/C35H35N3O/c1-4-5-7-15-32-34(27-18-16-24(2)17-19-27)38-31-21-20-30(23-33(31)37-32)35(39)36-25(3)28-13-10-14-29(22-28)26-11-8-6-9-12-26/h6,8-14,16-23,25H,4-5,7,15H2,1-3H3,(H,36,39)/t25-/m1/s1. The van der Waals surface area contributed by atoms with E-state index in [1.54, 1.807) is 0 Å². The maximum atomic E-state index is 13.3. The van der Waals surface area contributed by atoms with Crippen LogP contribution in [0.1, 0.15) is 66.3 Å². The summed E-state index contributed by atoms with van der Waals surface area (Å²) in [5.74, 6) is -0.119. The summed E-state index contributed by atoms with van der Waals surface area (Å²) in [5.41, 5.74) is 9.71. The molecule has 0 aliphatic carbocycles. The van der Waals surface area contributed by atoms with Gasteiger partial charge in [-0.25, -0.2) is 9.97 Å². The Hall–Kier alpha value is -4.31. The molecule has 1 aromatic heterocycles. The van der Waals surface area contributed by atoms with Crippen molar-refractivity contribution >= 4 is 16.9 Å². The number of carbonyl (C=O) groups excluding carboxylic acids is 1. The van der Waals surface area contributed by atoms with E-state index in [2.05, 4.69) is 73.8 Å². The molecule has 0 aliphatic heterocycles. The summed E-state index contributed by atoms with van der Waals surface area (Å²) in [6, 6.07) is 32.5. The highest BCUT2D eigenvalue weighted by Gasteiger charge is 2.16. The number of unbranched alkanes of at least 4 members (excludes halogenated alkanes) is 2. The van der Waals surface area contributed by atoms with Crippen LogP contribution in [0.4, 0.5) is 0 Å². The highest BCUT2D eigenvalue weighted by atomic mass is 16.1. The van der Waals surface area contributed by atoms with E-state index in [0.29, 0.717) is 5.56 Å². The molecule has 0 saturated carbocycles. The number of amides is 1. The van der Waals surface area contributed by atoms with Gasteiger partial charge in [0.1, 0.15) is 0 Å². The molecule has 1 N–H and O–H groups in total. The fourth-order valence-electron chi connectivity index (χ4n) is 4.87. The van der Waals surface area contributed by atoms with Crippen LogP contribution in [0.3, 0.4) is 0 Å². The summed E-state index contributed by atoms with van der Waals surface area (Å²) in [4.78, 5) is 23.3. The van der Waals surface area contributed by atoms with Crippen LogP contribution in [0.5, 0.6) is 0 Å². The van der Waals surface area contributed by atoms with E-state index < -0.39 is 0 Å². The van der Waals surface area contributed by atoms with E-state index in [1.807, 2.05) is 49.4 Å². The van der Waals surface area contributed by atoms with Gasteiger partial charge >= 0.3 is 0 Å². The second kappa shape index (κ2) is 12.0. The number of hydrogen-bond acceptors (Lipinski definition) is 3. The molecule has 5 aromatic rings. The molecular weight excluding hydrogens is 478 g/mol. The van der Waals surface area contributed by atoms with Crippen LogP contribution in [0.25, 0.3) is 33.4 Å². The molecule has 0 radical (unpaired) electrons. The average molecular weight is 514 g/mol. The molecule has 1 heterocycles. The lowest BCUT2D eigenvalue weighted by Crippen LogP contribution is -2.26. The maximum absolute atomic E-state index is 13.3. The van der Waals surface area contributed by atoms with Crippen LogP contribution < -0.4 is 5.32 Å². The molecule has 0 unspecified atom stereocenters. The minimum absolute atomic E-state index is 0.119. The third-order valence-corrected chi connectivity index (χ3v) is 7.18. The number of carbonyl (C=O) groups is 1. The van der Waals surface area contributed by atoms with Crippen molar-refractivity contribution in [1.29, 1.82) is 0 Å². The van der Waals surface area contributed by atoms with Crippen LogP contribution in [0.15, 0.2) is 97.1 Å². The Morgan fingerprint density at radius 1 is 0.769 bits per heavy atom. The number of rotatable bonds is 9. The maximum Gasteiger partial charge on any atom is 0.251 e. The van der Waals surface area contributed by atoms with Gasteiger partial charge in [-0.1, -0.05) is 98.1 Å². The first-order valence-electron chi connectivity index (χ1n) is 13.9. The van der Waals surface area contributed by atoms with Crippen molar-refractivity contribution in [1.82, 2.24) is 15.3 Å². The fraction of sp³-hybridized carbons (Fsp3) is 0.229. The number of hydrogen-bond donors (Lipinski definition) is 1. The number of aromatic nitrogens is 2. The molecule has 1 amide bonds. The summed E-state index contributed by atoms with van der Waals surface area (Å²) < 4.78 is 0. The van der Waals surface area contributed by atoms with Gasteiger partial charge in [0, 0.05) is 11.1 Å². The Morgan fingerprint density at radius 3 is 2.31 bits per heavy atom. The predicted octanol–water partition coefficient (Wildman–Crippen LogP) is 8.50. The highest BCUT2D eigenvalue weighted by Crippen LogP contribution is 2.27. The van der Waals surface area contributed by atoms with Gasteiger partial charge in [-0.2, -0.15) is 0 Å². The number of fused-ring (bicyclic) bond motifs is 1. The summed E-state index contributed by atoms with van der Waals surface area (Å²) in [6.45, 7) is 6.31. The zero-order valence-electron chi connectivity index (χ0n) is 22.9. The molecule has 0 saturated heterocycles. The van der Waals surface area contributed by atoms with Crippen molar-refractivity contribution in [3.8, 4) is 22.4 Å². The zero-order chi connectivity index (χ0) is 27.2. The first kappa shape index (κ1) is 26.3. The van der Waals surface area contributed by atoms with Crippen LogP contribution in [0.2, 0.25) is 0 Å². The van der Waals surface area contributed by atoms with E-state index in [1.165, 1.54) is 5.56 Å². The molecular formula is C35H35N3O. The van der Waals surface area contributed by atoms with Crippen molar-refractivity contribution in [3.05, 3.63) is 119 Å². The largest absolute Gasteiger partial charge is 0.346 e. The van der Waals surface area contributed by atoms with Crippen LogP contribution in [-0.4, -0.2) is 15.9 Å². The third-order valence-electron chi connectivity index (χ3n) is 7.18. The lowest BCUT2D eigenvalue weighted by molar-refractivity contribution is 0.0940. The third kappa shape index (κ3) is 6.23. The smallest absolute Gasteiger partial charge is 0.251 e.